The Balaban J connectivity index is 1.29. The standard InChI is InChI=1S/C27H31N3O3/c1-28-25(32)21-16-30(13-5-8-18-6-3-2-4-7-18)17-22(24(21)31)26(33)29-15-19-14-20-9-10-23(19)27(20)11-12-27/h2-4,6-7,9-10,16-17,19-20,23H,5,8,11-15H2,1H3,(H,28,32)(H,29,33)/t19-,20-,23+/m1/s1. The van der Waals surface area contributed by atoms with Crippen molar-refractivity contribution in [2.75, 3.05) is 13.6 Å². The normalized spacial score (nSPS) is 23.6. The third-order valence-corrected chi connectivity index (χ3v) is 7.89. The molecule has 2 aromatic rings. The molecule has 0 aliphatic heterocycles. The van der Waals surface area contributed by atoms with E-state index >= 15 is 0 Å². The lowest BCUT2D eigenvalue weighted by atomic mass is 9.89. The van der Waals surface area contributed by atoms with Gasteiger partial charge in [-0.05, 0) is 60.8 Å². The summed E-state index contributed by atoms with van der Waals surface area (Å²) < 4.78 is 1.79. The van der Waals surface area contributed by atoms with Crippen LogP contribution in [0.25, 0.3) is 0 Å². The quantitative estimate of drug-likeness (QED) is 0.613. The fourth-order valence-electron chi connectivity index (χ4n) is 6.00. The third kappa shape index (κ3) is 4.03. The number of pyridine rings is 1. The maximum absolute atomic E-state index is 13.0. The van der Waals surface area contributed by atoms with Crippen LogP contribution in [0.15, 0.2) is 59.7 Å². The Bertz CT molecular complexity index is 1150. The molecule has 33 heavy (non-hydrogen) atoms. The Morgan fingerprint density at radius 3 is 2.45 bits per heavy atom. The number of nitrogens with one attached hydrogen (secondary N) is 2. The first-order chi connectivity index (χ1) is 16.0. The molecule has 172 valence electrons. The number of benzene rings is 1. The summed E-state index contributed by atoms with van der Waals surface area (Å²) in [5.74, 6) is 0.777. The Hall–Kier alpha value is -3.15. The number of aromatic nitrogens is 1. The van der Waals surface area contributed by atoms with Gasteiger partial charge in [-0.1, -0.05) is 42.5 Å². The Kier molecular flexibility index (Phi) is 5.69. The maximum Gasteiger partial charge on any atom is 0.256 e. The SMILES string of the molecule is CNC(=O)c1cn(CCCc2ccccc2)cc(C(=O)NC[C@H]2C[C@H]3C=C[C@@H]2C32CC2)c1=O. The molecule has 1 aromatic carbocycles. The van der Waals surface area contributed by atoms with Crippen LogP contribution in [0, 0.1) is 23.2 Å². The van der Waals surface area contributed by atoms with Crippen LogP contribution in [0.1, 0.15) is 52.0 Å². The van der Waals surface area contributed by atoms with Gasteiger partial charge in [0.05, 0.1) is 0 Å². The minimum absolute atomic E-state index is 0.00431. The van der Waals surface area contributed by atoms with E-state index in [-0.39, 0.29) is 17.0 Å². The molecule has 1 heterocycles. The van der Waals surface area contributed by atoms with Crippen molar-refractivity contribution in [3.05, 3.63) is 81.8 Å². The number of carbonyl (C=O) groups is 2. The summed E-state index contributed by atoms with van der Waals surface area (Å²) in [6.45, 7) is 1.18. The number of hydrogen-bond acceptors (Lipinski definition) is 3. The van der Waals surface area contributed by atoms with Crippen molar-refractivity contribution in [1.82, 2.24) is 15.2 Å². The second kappa shape index (κ2) is 8.65. The minimum Gasteiger partial charge on any atom is -0.355 e. The van der Waals surface area contributed by atoms with E-state index in [1.165, 1.54) is 25.5 Å². The third-order valence-electron chi connectivity index (χ3n) is 7.89. The molecule has 3 aliphatic carbocycles. The molecule has 3 atom stereocenters. The van der Waals surface area contributed by atoms with Gasteiger partial charge < -0.3 is 15.2 Å². The van der Waals surface area contributed by atoms with E-state index in [1.807, 2.05) is 18.2 Å². The molecule has 0 unspecified atom stereocenters. The zero-order valence-corrected chi connectivity index (χ0v) is 19.0. The van der Waals surface area contributed by atoms with Gasteiger partial charge in [-0.25, -0.2) is 0 Å². The van der Waals surface area contributed by atoms with Crippen LogP contribution in [0.2, 0.25) is 0 Å². The Morgan fingerprint density at radius 1 is 1.06 bits per heavy atom. The van der Waals surface area contributed by atoms with Gasteiger partial charge in [0.1, 0.15) is 11.1 Å². The molecular weight excluding hydrogens is 414 g/mol. The second-order valence-electron chi connectivity index (χ2n) is 9.78. The summed E-state index contributed by atoms with van der Waals surface area (Å²) in [6, 6.07) is 10.2. The van der Waals surface area contributed by atoms with Gasteiger partial charge >= 0.3 is 0 Å². The van der Waals surface area contributed by atoms with Crippen LogP contribution < -0.4 is 16.1 Å². The summed E-state index contributed by atoms with van der Waals surface area (Å²) >= 11 is 0. The summed E-state index contributed by atoms with van der Waals surface area (Å²) in [5, 5.41) is 5.52. The zero-order chi connectivity index (χ0) is 23.0. The van der Waals surface area contributed by atoms with Gasteiger partial charge in [-0.15, -0.1) is 0 Å². The molecule has 2 fully saturated rings. The fourth-order valence-corrected chi connectivity index (χ4v) is 6.00. The van der Waals surface area contributed by atoms with Crippen LogP contribution in [-0.4, -0.2) is 30.0 Å². The zero-order valence-electron chi connectivity index (χ0n) is 19.0. The van der Waals surface area contributed by atoms with E-state index in [0.717, 1.165) is 19.3 Å². The monoisotopic (exact) mass is 445 g/mol. The van der Waals surface area contributed by atoms with Gasteiger partial charge in [0.2, 0.25) is 5.43 Å². The average molecular weight is 446 g/mol. The molecule has 2 amide bonds. The summed E-state index contributed by atoms with van der Waals surface area (Å²) in [4.78, 5) is 38.3. The van der Waals surface area contributed by atoms with Crippen LogP contribution in [0.5, 0.6) is 0 Å². The van der Waals surface area contributed by atoms with Crippen molar-refractivity contribution >= 4 is 11.8 Å². The van der Waals surface area contributed by atoms with Crippen LogP contribution in [-0.2, 0) is 13.0 Å². The molecule has 2 saturated carbocycles. The highest BCUT2D eigenvalue weighted by atomic mass is 16.2. The molecule has 0 radical (unpaired) electrons. The van der Waals surface area contributed by atoms with Crippen molar-refractivity contribution in [3.8, 4) is 0 Å². The predicted molar refractivity (Wildman–Crippen MR) is 127 cm³/mol. The van der Waals surface area contributed by atoms with E-state index in [0.29, 0.717) is 36.3 Å². The summed E-state index contributed by atoms with van der Waals surface area (Å²) in [7, 11) is 1.49. The van der Waals surface area contributed by atoms with E-state index in [2.05, 4.69) is 34.9 Å². The Morgan fingerprint density at radius 2 is 1.79 bits per heavy atom. The Labute approximate surface area is 194 Å². The molecule has 6 heteroatoms. The summed E-state index contributed by atoms with van der Waals surface area (Å²) in [6.07, 6.45) is 13.3. The highest BCUT2D eigenvalue weighted by Crippen LogP contribution is 2.69. The molecule has 1 aromatic heterocycles. The van der Waals surface area contributed by atoms with E-state index in [4.69, 9.17) is 0 Å². The fraction of sp³-hybridized carbons (Fsp3) is 0.444. The van der Waals surface area contributed by atoms with Gasteiger partial charge in [-0.2, -0.15) is 0 Å². The van der Waals surface area contributed by atoms with Crippen molar-refractivity contribution in [2.24, 2.45) is 23.2 Å². The number of amides is 2. The molecule has 1 spiro atoms. The van der Waals surface area contributed by atoms with Gasteiger partial charge in [-0.3, -0.25) is 14.4 Å². The average Bonchev–Trinajstić information content (AvgIpc) is 3.51. The molecule has 3 aliphatic rings. The highest BCUT2D eigenvalue weighted by molar-refractivity contribution is 5.99. The van der Waals surface area contributed by atoms with E-state index in [1.54, 1.807) is 17.0 Å². The first-order valence-electron chi connectivity index (χ1n) is 12.0. The molecule has 0 saturated heterocycles. The lowest BCUT2D eigenvalue weighted by Crippen LogP contribution is -2.37. The number of aryl methyl sites for hydroxylation is 2. The van der Waals surface area contributed by atoms with Crippen LogP contribution >= 0.6 is 0 Å². The van der Waals surface area contributed by atoms with Crippen molar-refractivity contribution < 1.29 is 9.59 Å². The molecule has 5 rings (SSSR count). The predicted octanol–water partition coefficient (Wildman–Crippen LogP) is 3.17. The summed E-state index contributed by atoms with van der Waals surface area (Å²) in [5.41, 5.74) is 1.23. The minimum atomic E-state index is -0.516. The first kappa shape index (κ1) is 21.7. The van der Waals surface area contributed by atoms with Gasteiger partial charge in [0.15, 0.2) is 0 Å². The van der Waals surface area contributed by atoms with Gasteiger partial charge in [0.25, 0.3) is 11.8 Å². The topological polar surface area (TPSA) is 80.2 Å². The smallest absolute Gasteiger partial charge is 0.256 e. The van der Waals surface area contributed by atoms with E-state index in [9.17, 15) is 14.4 Å². The molecular formula is C27H31N3O3. The van der Waals surface area contributed by atoms with E-state index < -0.39 is 11.3 Å². The number of rotatable bonds is 8. The van der Waals surface area contributed by atoms with Crippen LogP contribution in [0.3, 0.4) is 0 Å². The number of hydrogen-bond donors (Lipinski definition) is 2. The van der Waals surface area contributed by atoms with Crippen molar-refractivity contribution in [1.29, 1.82) is 0 Å². The molecule has 2 bridgehead atoms. The maximum atomic E-state index is 13.0. The molecule has 6 nitrogen and oxygen atoms in total. The number of nitrogens with zero attached hydrogens (tertiary/aromatic N) is 1. The van der Waals surface area contributed by atoms with Crippen molar-refractivity contribution in [3.63, 3.8) is 0 Å². The lowest BCUT2D eigenvalue weighted by Gasteiger charge is -2.20. The molecule has 2 N–H and O–H groups in total. The van der Waals surface area contributed by atoms with Gasteiger partial charge in [0, 0.05) is 32.5 Å². The number of allylic oxidation sites excluding steroid dienone is 2. The highest BCUT2D eigenvalue weighted by Gasteiger charge is 2.62. The number of carbonyl (C=O) groups excluding carboxylic acids is 2. The largest absolute Gasteiger partial charge is 0.355 e. The second-order valence-corrected chi connectivity index (χ2v) is 9.78. The van der Waals surface area contributed by atoms with Crippen LogP contribution in [0.4, 0.5) is 0 Å². The van der Waals surface area contributed by atoms with Crippen molar-refractivity contribution in [2.45, 2.75) is 38.6 Å². The lowest BCUT2D eigenvalue weighted by molar-refractivity contribution is 0.0942. The first-order valence-corrected chi connectivity index (χ1v) is 12.0.